The third kappa shape index (κ3) is 6.13. The van der Waals surface area contributed by atoms with Crippen LogP contribution in [-0.4, -0.2) is 73.4 Å². The Labute approximate surface area is 260 Å². The molecule has 0 fully saturated rings. The van der Waals surface area contributed by atoms with Gasteiger partial charge in [0, 0.05) is 5.92 Å². The molecule has 0 saturated heterocycles. The highest BCUT2D eigenvalue weighted by Gasteiger charge is 2.66. The molecule has 45 heavy (non-hydrogen) atoms. The number of hydrogen-bond donors (Lipinski definition) is 1. The van der Waals surface area contributed by atoms with E-state index in [1.165, 1.54) is 35.5 Å². The summed E-state index contributed by atoms with van der Waals surface area (Å²) in [5, 5.41) is 2.78. The lowest BCUT2D eigenvalue weighted by molar-refractivity contribution is -0.254. The maximum atomic E-state index is 14.4. The maximum absolute atomic E-state index is 14.4. The molecule has 4 atom stereocenters. The minimum atomic E-state index is -2.19. The molecule has 2 aromatic carbocycles. The SMILES string of the molecule is COC(=O)C(NC(=O)OC1C=CCO1)(c1ccc(OC)cc1)C(Cc1cc(OC)c(OC)c(OC)c1)(C1=CCOO1)C(C)C=O. The van der Waals surface area contributed by atoms with Gasteiger partial charge in [-0.15, -0.1) is 0 Å². The Kier molecular flexibility index (Phi) is 10.6. The second-order valence-electron chi connectivity index (χ2n) is 10.2. The van der Waals surface area contributed by atoms with Gasteiger partial charge in [-0.3, -0.25) is 0 Å². The van der Waals surface area contributed by atoms with Crippen molar-refractivity contribution in [3.63, 3.8) is 0 Å². The summed E-state index contributed by atoms with van der Waals surface area (Å²) >= 11 is 0. The van der Waals surface area contributed by atoms with Crippen molar-refractivity contribution in [2.24, 2.45) is 11.3 Å². The second kappa shape index (κ2) is 14.4. The molecule has 13 heteroatoms. The number of methoxy groups -OCH3 is 5. The minimum absolute atomic E-state index is 0.00291. The molecule has 242 valence electrons. The molecular formula is C32H37NO12. The van der Waals surface area contributed by atoms with Crippen LogP contribution in [0, 0.1) is 11.3 Å². The van der Waals surface area contributed by atoms with Crippen LogP contribution in [0.15, 0.2) is 60.4 Å². The van der Waals surface area contributed by atoms with Crippen LogP contribution < -0.4 is 24.3 Å². The minimum Gasteiger partial charge on any atom is -0.497 e. The molecule has 2 aliphatic rings. The first-order valence-electron chi connectivity index (χ1n) is 14.0. The number of amides is 1. The summed E-state index contributed by atoms with van der Waals surface area (Å²) < 4.78 is 38.4. The summed E-state index contributed by atoms with van der Waals surface area (Å²) in [6.45, 7) is 1.84. The van der Waals surface area contributed by atoms with E-state index in [1.807, 2.05) is 0 Å². The van der Waals surface area contributed by atoms with Crippen molar-refractivity contribution in [2.75, 3.05) is 48.8 Å². The fourth-order valence-electron chi connectivity index (χ4n) is 5.83. The Morgan fingerprint density at radius 3 is 2.18 bits per heavy atom. The first-order chi connectivity index (χ1) is 21.7. The standard InChI is InChI=1S/C32H37NO12/c1-20(19-34)31(26-13-15-43-45-26,18-21-16-24(38-3)28(40-5)25(17-21)39-4)32(29(35)41-6,22-9-11-23(37-2)12-10-22)33-30(36)44-27-8-7-14-42-27/h7-13,16-17,19-20,27H,14-15,18H2,1-6H3,(H,33,36). The molecule has 2 heterocycles. The zero-order valence-electron chi connectivity index (χ0n) is 25.9. The van der Waals surface area contributed by atoms with Gasteiger partial charge in [-0.05, 0) is 54.0 Å². The van der Waals surface area contributed by atoms with Crippen LogP contribution in [0.4, 0.5) is 4.79 Å². The highest BCUT2D eigenvalue weighted by Crippen LogP contribution is 2.55. The third-order valence-corrected chi connectivity index (χ3v) is 7.96. The quantitative estimate of drug-likeness (QED) is 0.141. The van der Waals surface area contributed by atoms with Gasteiger partial charge in [0.05, 0.1) is 47.6 Å². The van der Waals surface area contributed by atoms with Crippen molar-refractivity contribution in [3.05, 3.63) is 71.5 Å². The fourth-order valence-corrected chi connectivity index (χ4v) is 5.83. The molecule has 4 unspecified atom stereocenters. The summed E-state index contributed by atoms with van der Waals surface area (Å²) in [6, 6.07) is 9.74. The summed E-state index contributed by atoms with van der Waals surface area (Å²) in [4.78, 5) is 52.1. The number of carbonyl (C=O) groups excluding carboxylic acids is 3. The number of esters is 1. The van der Waals surface area contributed by atoms with Crippen LogP contribution >= 0.6 is 0 Å². The zero-order valence-corrected chi connectivity index (χ0v) is 25.9. The van der Waals surface area contributed by atoms with Gasteiger partial charge in [0.2, 0.25) is 12.0 Å². The van der Waals surface area contributed by atoms with Crippen LogP contribution in [-0.2, 0) is 45.5 Å². The lowest BCUT2D eigenvalue weighted by Crippen LogP contribution is -2.66. The predicted molar refractivity (Wildman–Crippen MR) is 158 cm³/mol. The smallest absolute Gasteiger partial charge is 0.410 e. The molecule has 1 amide bonds. The second-order valence-corrected chi connectivity index (χ2v) is 10.2. The molecule has 0 aromatic heterocycles. The monoisotopic (exact) mass is 627 g/mol. The van der Waals surface area contributed by atoms with Gasteiger partial charge < -0.3 is 48.2 Å². The van der Waals surface area contributed by atoms with Crippen LogP contribution in [0.1, 0.15) is 18.1 Å². The van der Waals surface area contributed by atoms with Crippen molar-refractivity contribution in [3.8, 4) is 23.0 Å². The Hall–Kier alpha value is -4.75. The van der Waals surface area contributed by atoms with E-state index in [4.69, 9.17) is 42.9 Å². The van der Waals surface area contributed by atoms with E-state index >= 15 is 0 Å². The lowest BCUT2D eigenvalue weighted by Gasteiger charge is -2.50. The molecule has 0 spiro atoms. The van der Waals surface area contributed by atoms with Gasteiger partial charge in [-0.25, -0.2) is 9.59 Å². The molecule has 0 aliphatic carbocycles. The molecular weight excluding hydrogens is 590 g/mol. The lowest BCUT2D eigenvalue weighted by atomic mass is 9.56. The molecule has 0 radical (unpaired) electrons. The first-order valence-corrected chi connectivity index (χ1v) is 14.0. The topological polar surface area (TPSA) is 146 Å². The van der Waals surface area contributed by atoms with Gasteiger partial charge in [-0.2, -0.15) is 4.89 Å². The van der Waals surface area contributed by atoms with Crippen LogP contribution in [0.5, 0.6) is 23.0 Å². The zero-order chi connectivity index (χ0) is 32.6. The number of rotatable bonds is 14. The van der Waals surface area contributed by atoms with E-state index in [-0.39, 0.29) is 31.0 Å². The van der Waals surface area contributed by atoms with Crippen LogP contribution in [0.25, 0.3) is 0 Å². The van der Waals surface area contributed by atoms with Crippen LogP contribution in [0.2, 0.25) is 0 Å². The average Bonchev–Trinajstić information content (AvgIpc) is 3.80. The summed E-state index contributed by atoms with van der Waals surface area (Å²) in [5.41, 5.74) is -3.20. The van der Waals surface area contributed by atoms with E-state index in [1.54, 1.807) is 61.5 Å². The third-order valence-electron chi connectivity index (χ3n) is 7.96. The number of nitrogens with one attached hydrogen (secondary N) is 1. The van der Waals surface area contributed by atoms with Crippen molar-refractivity contribution in [1.29, 1.82) is 0 Å². The molecule has 2 aromatic rings. The maximum Gasteiger partial charge on any atom is 0.410 e. The van der Waals surface area contributed by atoms with E-state index in [2.05, 4.69) is 5.32 Å². The summed E-state index contributed by atoms with van der Waals surface area (Å²) in [7, 11) is 7.06. The van der Waals surface area contributed by atoms with Gasteiger partial charge >= 0.3 is 12.1 Å². The number of aldehydes is 1. The Morgan fingerprint density at radius 1 is 1.00 bits per heavy atom. The van der Waals surface area contributed by atoms with E-state index in [9.17, 15) is 14.4 Å². The fraction of sp³-hybridized carbons (Fsp3) is 0.406. The van der Waals surface area contributed by atoms with Crippen molar-refractivity contribution in [2.45, 2.75) is 25.2 Å². The van der Waals surface area contributed by atoms with Gasteiger partial charge in [-0.1, -0.05) is 25.1 Å². The number of ether oxygens (including phenoxy) is 7. The summed E-state index contributed by atoms with van der Waals surface area (Å²) in [6.07, 6.45) is 3.34. The molecule has 0 bridgehead atoms. The normalized spacial score (nSPS) is 18.7. The van der Waals surface area contributed by atoms with E-state index in [0.29, 0.717) is 34.8 Å². The first kappa shape index (κ1) is 33.1. The van der Waals surface area contributed by atoms with Gasteiger partial charge in [0.15, 0.2) is 22.8 Å². The molecule has 13 nitrogen and oxygen atoms in total. The molecule has 1 N–H and O–H groups in total. The Balaban J connectivity index is 2.07. The van der Waals surface area contributed by atoms with Crippen molar-refractivity contribution < 1.29 is 57.3 Å². The predicted octanol–water partition coefficient (Wildman–Crippen LogP) is 3.64. The van der Waals surface area contributed by atoms with Gasteiger partial charge in [0.25, 0.3) is 0 Å². The Bertz CT molecular complexity index is 1410. The average molecular weight is 628 g/mol. The molecule has 2 aliphatic heterocycles. The van der Waals surface area contributed by atoms with E-state index < -0.39 is 35.2 Å². The largest absolute Gasteiger partial charge is 0.497 e. The molecule has 4 rings (SSSR count). The molecule has 0 saturated carbocycles. The van der Waals surface area contributed by atoms with Crippen LogP contribution in [0.3, 0.4) is 0 Å². The Morgan fingerprint density at radius 2 is 1.69 bits per heavy atom. The van der Waals surface area contributed by atoms with Gasteiger partial charge in [0.1, 0.15) is 18.6 Å². The summed E-state index contributed by atoms with van der Waals surface area (Å²) in [5.74, 6) is -0.431. The van der Waals surface area contributed by atoms with E-state index in [0.717, 1.165) is 0 Å². The van der Waals surface area contributed by atoms with Crippen molar-refractivity contribution in [1.82, 2.24) is 5.32 Å². The number of alkyl carbamates (subject to hydrolysis) is 1. The number of carbonyl (C=O) groups is 3. The highest BCUT2D eigenvalue weighted by atomic mass is 17.2. The highest BCUT2D eigenvalue weighted by molar-refractivity contribution is 5.90. The number of benzene rings is 2. The van der Waals surface area contributed by atoms with Crippen molar-refractivity contribution >= 4 is 18.3 Å². The number of hydrogen-bond acceptors (Lipinski definition) is 12.